The van der Waals surface area contributed by atoms with Gasteiger partial charge in [-0.1, -0.05) is 0 Å². The molecule has 0 saturated carbocycles. The van der Waals surface area contributed by atoms with Crippen molar-refractivity contribution in [3.8, 4) is 0 Å². The van der Waals surface area contributed by atoms with Gasteiger partial charge in [-0.2, -0.15) is 8.42 Å². The fourth-order valence-corrected chi connectivity index (χ4v) is 0.896. The average Bonchev–Trinajstić information content (AvgIpc) is 2.47. The summed E-state index contributed by atoms with van der Waals surface area (Å²) in [6, 6.07) is 0. The Bertz CT molecular complexity index is 454. The smallest absolute Gasteiger partial charge is 0.370 e. The second-order valence-electron chi connectivity index (χ2n) is 3.03. The van der Waals surface area contributed by atoms with Crippen LogP contribution in [0.25, 0.3) is 0 Å². The quantitative estimate of drug-likeness (QED) is 0.297. The van der Waals surface area contributed by atoms with Gasteiger partial charge < -0.3 is 16.0 Å². The lowest BCUT2D eigenvalue weighted by molar-refractivity contribution is 0.381. The topological polar surface area (TPSA) is 157 Å². The van der Waals surface area contributed by atoms with Crippen molar-refractivity contribution in [2.24, 2.45) is 23.5 Å². The van der Waals surface area contributed by atoms with E-state index in [0.717, 1.165) is 12.1 Å². The molecule has 1 aromatic heterocycles. The highest BCUT2D eigenvalue weighted by molar-refractivity contribution is 7.79. The van der Waals surface area contributed by atoms with Crippen LogP contribution < -0.4 is 11.5 Å². The first kappa shape index (κ1) is 15.3. The third kappa shape index (κ3) is 12.3. The second-order valence-corrected chi connectivity index (χ2v) is 3.93. The number of aromatic nitrogens is 2. The van der Waals surface area contributed by atoms with Crippen molar-refractivity contribution in [2.45, 2.75) is 6.42 Å². The number of hydrogen-bond acceptors (Lipinski definition) is 4. The van der Waals surface area contributed by atoms with Gasteiger partial charge in [-0.15, -0.1) is 0 Å². The molecule has 0 aromatic carbocycles. The molecular formula is C7H15N5O4S. The Morgan fingerprint density at radius 2 is 2.06 bits per heavy atom. The predicted octanol–water partition coefficient (Wildman–Crippen LogP) is -1.42. The first-order chi connectivity index (χ1) is 7.68. The molecule has 0 spiro atoms. The summed E-state index contributed by atoms with van der Waals surface area (Å²) in [7, 11) is -2.74. The van der Waals surface area contributed by atoms with E-state index < -0.39 is 10.4 Å². The molecule has 0 unspecified atom stereocenters. The fourth-order valence-electron chi connectivity index (χ4n) is 0.896. The first-order valence-electron chi connectivity index (χ1n) is 4.40. The minimum atomic E-state index is -4.67. The molecule has 0 bridgehead atoms. The molecule has 1 heterocycles. The maximum atomic E-state index is 8.74. The SMILES string of the molecule is Cn1cnc(CCN=C(N)N)c1.O=S(=O)(O)O. The summed E-state index contributed by atoms with van der Waals surface area (Å²) in [5, 5.41) is 0. The van der Waals surface area contributed by atoms with Gasteiger partial charge in [-0.05, 0) is 0 Å². The van der Waals surface area contributed by atoms with Crippen molar-refractivity contribution in [1.29, 1.82) is 0 Å². The monoisotopic (exact) mass is 265 g/mol. The number of aliphatic imine (C=N–C) groups is 1. The highest BCUT2D eigenvalue weighted by atomic mass is 32.3. The van der Waals surface area contributed by atoms with Crippen LogP contribution in [-0.2, 0) is 23.9 Å². The van der Waals surface area contributed by atoms with Gasteiger partial charge in [0.05, 0.1) is 12.0 Å². The summed E-state index contributed by atoms with van der Waals surface area (Å²) in [5.41, 5.74) is 11.3. The zero-order chi connectivity index (χ0) is 13.5. The molecule has 0 radical (unpaired) electrons. The number of hydrogen-bond donors (Lipinski definition) is 4. The van der Waals surface area contributed by atoms with E-state index in [1.54, 1.807) is 6.33 Å². The van der Waals surface area contributed by atoms with Gasteiger partial charge in [0.25, 0.3) is 0 Å². The van der Waals surface area contributed by atoms with Gasteiger partial charge in [-0.25, -0.2) is 4.98 Å². The summed E-state index contributed by atoms with van der Waals surface area (Å²) in [6.07, 6.45) is 4.48. The van der Waals surface area contributed by atoms with E-state index in [2.05, 4.69) is 9.98 Å². The first-order valence-corrected chi connectivity index (χ1v) is 5.80. The second kappa shape index (κ2) is 6.83. The molecule has 0 saturated heterocycles. The molecule has 0 aliphatic heterocycles. The average molecular weight is 265 g/mol. The zero-order valence-corrected chi connectivity index (χ0v) is 10.0. The van der Waals surface area contributed by atoms with Crippen LogP contribution in [0.4, 0.5) is 0 Å². The van der Waals surface area contributed by atoms with Crippen LogP contribution in [0.5, 0.6) is 0 Å². The third-order valence-electron chi connectivity index (χ3n) is 1.42. The van der Waals surface area contributed by atoms with Crippen LogP contribution in [0.3, 0.4) is 0 Å². The van der Waals surface area contributed by atoms with Crippen molar-refractivity contribution in [2.75, 3.05) is 6.54 Å². The van der Waals surface area contributed by atoms with Crippen molar-refractivity contribution < 1.29 is 17.5 Å². The standard InChI is InChI=1S/C7H13N5.H2O4S/c1-12-4-6(11-5-12)2-3-10-7(8)9;1-5(2,3)4/h4-5H,2-3H2,1H3,(H4,8,9,10);(H2,1,2,3,4). The molecule has 0 amide bonds. The van der Waals surface area contributed by atoms with Crippen molar-refractivity contribution >= 4 is 16.4 Å². The van der Waals surface area contributed by atoms with Crippen LogP contribution in [0, 0.1) is 0 Å². The van der Waals surface area contributed by atoms with Crippen molar-refractivity contribution in [3.05, 3.63) is 18.2 Å². The van der Waals surface area contributed by atoms with E-state index >= 15 is 0 Å². The molecule has 0 fully saturated rings. The Hall–Kier alpha value is -1.65. The molecular weight excluding hydrogens is 250 g/mol. The highest BCUT2D eigenvalue weighted by Gasteiger charge is 1.94. The maximum absolute atomic E-state index is 8.74. The van der Waals surface area contributed by atoms with Gasteiger partial charge in [-0.3, -0.25) is 14.1 Å². The molecule has 98 valence electrons. The van der Waals surface area contributed by atoms with E-state index in [1.165, 1.54) is 0 Å². The fraction of sp³-hybridized carbons (Fsp3) is 0.429. The molecule has 0 atom stereocenters. The summed E-state index contributed by atoms with van der Waals surface area (Å²) in [6.45, 7) is 0.597. The molecule has 0 aliphatic carbocycles. The van der Waals surface area contributed by atoms with Crippen LogP contribution in [0.2, 0.25) is 0 Å². The van der Waals surface area contributed by atoms with E-state index in [9.17, 15) is 0 Å². The summed E-state index contributed by atoms with van der Waals surface area (Å²) < 4.78 is 33.5. The number of imidazole rings is 1. The largest absolute Gasteiger partial charge is 0.394 e. The zero-order valence-electron chi connectivity index (χ0n) is 9.18. The predicted molar refractivity (Wildman–Crippen MR) is 61.8 cm³/mol. The van der Waals surface area contributed by atoms with Gasteiger partial charge in [0.15, 0.2) is 5.96 Å². The Labute approximate surface area is 98.7 Å². The summed E-state index contributed by atoms with van der Waals surface area (Å²) >= 11 is 0. The molecule has 6 N–H and O–H groups in total. The van der Waals surface area contributed by atoms with Crippen LogP contribution >= 0.6 is 0 Å². The van der Waals surface area contributed by atoms with E-state index in [1.807, 2.05) is 17.8 Å². The van der Waals surface area contributed by atoms with Crippen LogP contribution in [0.1, 0.15) is 5.69 Å². The van der Waals surface area contributed by atoms with E-state index in [0.29, 0.717) is 6.54 Å². The van der Waals surface area contributed by atoms with Gasteiger partial charge >= 0.3 is 10.4 Å². The van der Waals surface area contributed by atoms with Gasteiger partial charge in [0, 0.05) is 26.2 Å². The Balaban J connectivity index is 0.000000437. The molecule has 9 nitrogen and oxygen atoms in total. The lowest BCUT2D eigenvalue weighted by Gasteiger charge is -1.92. The molecule has 17 heavy (non-hydrogen) atoms. The molecule has 10 heteroatoms. The van der Waals surface area contributed by atoms with Gasteiger partial charge in [0.2, 0.25) is 0 Å². The lowest BCUT2D eigenvalue weighted by atomic mass is 10.3. The number of rotatable bonds is 3. The van der Waals surface area contributed by atoms with E-state index in [4.69, 9.17) is 29.0 Å². The lowest BCUT2D eigenvalue weighted by Crippen LogP contribution is -2.23. The van der Waals surface area contributed by atoms with Gasteiger partial charge in [0.1, 0.15) is 0 Å². The Morgan fingerprint density at radius 3 is 2.41 bits per heavy atom. The summed E-state index contributed by atoms with van der Waals surface area (Å²) in [5.74, 6) is 0.130. The molecule has 0 aliphatic rings. The molecule has 1 aromatic rings. The molecule has 1 rings (SSSR count). The third-order valence-corrected chi connectivity index (χ3v) is 1.42. The summed E-state index contributed by atoms with van der Waals surface area (Å²) in [4.78, 5) is 7.98. The Kier molecular flexibility index (Phi) is 6.17. The van der Waals surface area contributed by atoms with E-state index in [-0.39, 0.29) is 5.96 Å². The van der Waals surface area contributed by atoms with Crippen LogP contribution in [0.15, 0.2) is 17.5 Å². The van der Waals surface area contributed by atoms with Crippen LogP contribution in [-0.4, -0.2) is 39.6 Å². The highest BCUT2D eigenvalue weighted by Crippen LogP contribution is 1.94. The van der Waals surface area contributed by atoms with Crippen molar-refractivity contribution in [1.82, 2.24) is 9.55 Å². The van der Waals surface area contributed by atoms with Crippen molar-refractivity contribution in [3.63, 3.8) is 0 Å². The number of aryl methyl sites for hydroxylation is 1. The normalized spacial score (nSPS) is 10.3. The number of guanidine groups is 1. The Morgan fingerprint density at radius 1 is 1.53 bits per heavy atom. The minimum absolute atomic E-state index is 0.130. The minimum Gasteiger partial charge on any atom is -0.370 e. The maximum Gasteiger partial charge on any atom is 0.394 e. The number of nitrogens with two attached hydrogens (primary N) is 2. The number of nitrogens with zero attached hydrogens (tertiary/aromatic N) is 3.